The maximum Gasteiger partial charge on any atom is 0.0936 e. The molecular formula is C14H24N2S. The van der Waals surface area contributed by atoms with Gasteiger partial charge in [-0.25, -0.2) is 4.98 Å². The normalized spacial score (nSPS) is 17.7. The van der Waals surface area contributed by atoms with Crippen LogP contribution in [0, 0.1) is 25.2 Å². The van der Waals surface area contributed by atoms with Crippen molar-refractivity contribution in [2.24, 2.45) is 11.3 Å². The minimum atomic E-state index is 0.533. The lowest BCUT2D eigenvalue weighted by Gasteiger charge is -2.15. The summed E-state index contributed by atoms with van der Waals surface area (Å²) in [6.45, 7) is 11.1. The van der Waals surface area contributed by atoms with Crippen molar-refractivity contribution < 1.29 is 0 Å². The third-order valence-electron chi connectivity index (χ3n) is 3.61. The predicted molar refractivity (Wildman–Crippen MR) is 74.7 cm³/mol. The molecule has 1 aliphatic carbocycles. The van der Waals surface area contributed by atoms with E-state index < -0.39 is 0 Å². The van der Waals surface area contributed by atoms with Crippen LogP contribution in [0.15, 0.2) is 0 Å². The summed E-state index contributed by atoms with van der Waals surface area (Å²) in [5.41, 5.74) is 1.75. The highest BCUT2D eigenvalue weighted by Gasteiger charge is 2.42. The Morgan fingerprint density at radius 1 is 1.35 bits per heavy atom. The lowest BCUT2D eigenvalue weighted by Crippen LogP contribution is -2.28. The van der Waals surface area contributed by atoms with Crippen molar-refractivity contribution in [3.8, 4) is 0 Å². The number of nitrogens with one attached hydrogen (secondary N) is 1. The van der Waals surface area contributed by atoms with Gasteiger partial charge in [0.1, 0.15) is 0 Å². The van der Waals surface area contributed by atoms with Crippen molar-refractivity contribution in [2.45, 2.75) is 47.0 Å². The molecule has 0 aromatic carbocycles. The van der Waals surface area contributed by atoms with E-state index in [2.05, 4.69) is 38.0 Å². The SMILES string of the molecule is Cc1nc(CC2(CNCC(C)C)CC2)sc1C. The lowest BCUT2D eigenvalue weighted by atomic mass is 10.0. The van der Waals surface area contributed by atoms with Crippen LogP contribution >= 0.6 is 11.3 Å². The van der Waals surface area contributed by atoms with E-state index in [1.165, 1.54) is 41.4 Å². The topological polar surface area (TPSA) is 24.9 Å². The van der Waals surface area contributed by atoms with E-state index in [1.54, 1.807) is 0 Å². The van der Waals surface area contributed by atoms with Gasteiger partial charge < -0.3 is 5.32 Å². The molecule has 0 saturated heterocycles. The summed E-state index contributed by atoms with van der Waals surface area (Å²) < 4.78 is 0. The van der Waals surface area contributed by atoms with Crippen LogP contribution in [0.2, 0.25) is 0 Å². The molecule has 1 N–H and O–H groups in total. The summed E-state index contributed by atoms with van der Waals surface area (Å²) in [5.74, 6) is 0.746. The zero-order chi connectivity index (χ0) is 12.5. The molecule has 17 heavy (non-hydrogen) atoms. The molecule has 0 unspecified atom stereocenters. The van der Waals surface area contributed by atoms with E-state index in [0.29, 0.717) is 5.41 Å². The maximum atomic E-state index is 4.67. The van der Waals surface area contributed by atoms with Crippen molar-refractivity contribution >= 4 is 11.3 Å². The molecule has 0 amide bonds. The molecule has 1 aromatic heterocycles. The van der Waals surface area contributed by atoms with Gasteiger partial charge >= 0.3 is 0 Å². The Hall–Kier alpha value is -0.410. The quantitative estimate of drug-likeness (QED) is 0.840. The Kier molecular flexibility index (Phi) is 3.88. The zero-order valence-corrected chi connectivity index (χ0v) is 12.3. The number of rotatable bonds is 6. The lowest BCUT2D eigenvalue weighted by molar-refractivity contribution is 0.431. The molecule has 0 bridgehead atoms. The van der Waals surface area contributed by atoms with E-state index in [4.69, 9.17) is 0 Å². The first-order valence-corrected chi connectivity index (χ1v) is 7.46. The highest BCUT2D eigenvalue weighted by Crippen LogP contribution is 2.48. The molecule has 3 heteroatoms. The smallest absolute Gasteiger partial charge is 0.0936 e. The van der Waals surface area contributed by atoms with Crippen LogP contribution in [0.25, 0.3) is 0 Å². The van der Waals surface area contributed by atoms with Gasteiger partial charge in [-0.05, 0) is 44.6 Å². The fourth-order valence-electron chi connectivity index (χ4n) is 2.15. The monoisotopic (exact) mass is 252 g/mol. The summed E-state index contributed by atoms with van der Waals surface area (Å²) in [7, 11) is 0. The molecule has 0 aliphatic heterocycles. The molecule has 0 spiro atoms. The molecule has 0 atom stereocenters. The Bertz CT molecular complexity index is 358. The van der Waals surface area contributed by atoms with E-state index in [0.717, 1.165) is 12.5 Å². The second-order valence-corrected chi connectivity index (χ2v) is 7.24. The van der Waals surface area contributed by atoms with Crippen LogP contribution in [0.1, 0.15) is 42.3 Å². The first-order chi connectivity index (χ1) is 8.01. The van der Waals surface area contributed by atoms with Gasteiger partial charge in [0, 0.05) is 17.8 Å². The number of thiazole rings is 1. The Balaban J connectivity index is 1.85. The third kappa shape index (κ3) is 3.52. The van der Waals surface area contributed by atoms with Crippen LogP contribution in [0.4, 0.5) is 0 Å². The minimum Gasteiger partial charge on any atom is -0.316 e. The van der Waals surface area contributed by atoms with E-state index in [1.807, 2.05) is 11.3 Å². The summed E-state index contributed by atoms with van der Waals surface area (Å²) in [6, 6.07) is 0. The summed E-state index contributed by atoms with van der Waals surface area (Å²) in [5, 5.41) is 4.94. The Morgan fingerprint density at radius 3 is 2.53 bits per heavy atom. The van der Waals surface area contributed by atoms with Crippen molar-refractivity contribution in [3.05, 3.63) is 15.6 Å². The number of hydrogen-bond donors (Lipinski definition) is 1. The molecule has 96 valence electrons. The van der Waals surface area contributed by atoms with Crippen molar-refractivity contribution in [1.82, 2.24) is 10.3 Å². The molecule has 1 fully saturated rings. The van der Waals surface area contributed by atoms with Gasteiger partial charge in [0.05, 0.1) is 10.7 Å². The highest BCUT2D eigenvalue weighted by molar-refractivity contribution is 7.11. The average molecular weight is 252 g/mol. The molecule has 1 heterocycles. The van der Waals surface area contributed by atoms with Gasteiger partial charge in [-0.2, -0.15) is 0 Å². The van der Waals surface area contributed by atoms with Gasteiger partial charge in [0.25, 0.3) is 0 Å². The number of aryl methyl sites for hydroxylation is 2. The second-order valence-electron chi connectivity index (χ2n) is 5.95. The van der Waals surface area contributed by atoms with Gasteiger partial charge in [0.2, 0.25) is 0 Å². The Labute approximate surface area is 109 Å². The van der Waals surface area contributed by atoms with Gasteiger partial charge in [-0.3, -0.25) is 0 Å². The maximum absolute atomic E-state index is 4.67. The van der Waals surface area contributed by atoms with Crippen LogP contribution in [0.3, 0.4) is 0 Å². The van der Waals surface area contributed by atoms with E-state index >= 15 is 0 Å². The second kappa shape index (κ2) is 5.07. The number of aromatic nitrogens is 1. The fraction of sp³-hybridized carbons (Fsp3) is 0.786. The molecule has 1 aliphatic rings. The predicted octanol–water partition coefficient (Wildman–Crippen LogP) is 3.33. The highest BCUT2D eigenvalue weighted by atomic mass is 32.1. The number of nitrogens with zero attached hydrogens (tertiary/aromatic N) is 1. The van der Waals surface area contributed by atoms with Gasteiger partial charge in [-0.1, -0.05) is 13.8 Å². The Morgan fingerprint density at radius 2 is 2.06 bits per heavy atom. The summed E-state index contributed by atoms with van der Waals surface area (Å²) in [4.78, 5) is 6.05. The fourth-order valence-corrected chi connectivity index (χ4v) is 3.26. The van der Waals surface area contributed by atoms with Crippen LogP contribution < -0.4 is 5.32 Å². The zero-order valence-electron chi connectivity index (χ0n) is 11.5. The average Bonchev–Trinajstić information content (AvgIpc) is 2.89. The van der Waals surface area contributed by atoms with E-state index in [9.17, 15) is 0 Å². The summed E-state index contributed by atoms with van der Waals surface area (Å²) >= 11 is 1.88. The van der Waals surface area contributed by atoms with Crippen molar-refractivity contribution in [3.63, 3.8) is 0 Å². The van der Waals surface area contributed by atoms with Gasteiger partial charge in [-0.15, -0.1) is 11.3 Å². The largest absolute Gasteiger partial charge is 0.316 e. The minimum absolute atomic E-state index is 0.533. The number of hydrogen-bond acceptors (Lipinski definition) is 3. The van der Waals surface area contributed by atoms with Crippen LogP contribution in [0.5, 0.6) is 0 Å². The first-order valence-electron chi connectivity index (χ1n) is 6.64. The molecule has 2 rings (SSSR count). The molecule has 1 saturated carbocycles. The summed E-state index contributed by atoms with van der Waals surface area (Å²) in [6.07, 6.45) is 3.92. The molecule has 1 aromatic rings. The molecular weight excluding hydrogens is 228 g/mol. The van der Waals surface area contributed by atoms with Crippen LogP contribution in [-0.4, -0.2) is 18.1 Å². The molecule has 0 radical (unpaired) electrons. The van der Waals surface area contributed by atoms with Crippen molar-refractivity contribution in [2.75, 3.05) is 13.1 Å². The van der Waals surface area contributed by atoms with E-state index in [-0.39, 0.29) is 0 Å². The van der Waals surface area contributed by atoms with Gasteiger partial charge in [0.15, 0.2) is 0 Å². The van der Waals surface area contributed by atoms with Crippen LogP contribution in [-0.2, 0) is 6.42 Å². The third-order valence-corrected chi connectivity index (χ3v) is 4.68. The first kappa shape index (κ1) is 13.0. The standard InChI is InChI=1S/C14H24N2S/c1-10(2)8-15-9-14(5-6-14)7-13-16-11(3)12(4)17-13/h10,15H,5-9H2,1-4H3. The molecule has 2 nitrogen and oxygen atoms in total. The van der Waals surface area contributed by atoms with Crippen molar-refractivity contribution in [1.29, 1.82) is 0 Å².